The highest BCUT2D eigenvalue weighted by atomic mass is 16.2. The van der Waals surface area contributed by atoms with Gasteiger partial charge < -0.3 is 5.11 Å². The van der Waals surface area contributed by atoms with Crippen LogP contribution >= 0.6 is 0 Å². The van der Waals surface area contributed by atoms with Gasteiger partial charge in [-0.05, 0) is 33.2 Å². The van der Waals surface area contributed by atoms with Crippen molar-refractivity contribution in [3.8, 4) is 6.07 Å². The molecule has 0 rings (SSSR count). The molecule has 0 unspecified atom stereocenters. The van der Waals surface area contributed by atoms with E-state index in [1.807, 2.05) is 0 Å². The maximum absolute atomic E-state index is 8.56. The fourth-order valence-electron chi connectivity index (χ4n) is 1.04. The van der Waals surface area contributed by atoms with Gasteiger partial charge >= 0.3 is 0 Å². The molecule has 0 spiro atoms. The lowest BCUT2D eigenvalue weighted by Gasteiger charge is -2.22. The zero-order valence-electron chi connectivity index (χ0n) is 7.95. The number of rotatable bonds is 6. The molecular formula is C9H18N2O. The van der Waals surface area contributed by atoms with Gasteiger partial charge in [-0.1, -0.05) is 0 Å². The van der Waals surface area contributed by atoms with Crippen molar-refractivity contribution in [2.45, 2.75) is 32.7 Å². The molecule has 0 fully saturated rings. The summed E-state index contributed by atoms with van der Waals surface area (Å²) in [6, 6.07) is 2.56. The van der Waals surface area contributed by atoms with Gasteiger partial charge in [0.25, 0.3) is 0 Å². The first-order chi connectivity index (χ1) is 5.72. The summed E-state index contributed by atoms with van der Waals surface area (Å²) in [6.45, 7) is 5.81. The quantitative estimate of drug-likeness (QED) is 0.477. The second-order valence-corrected chi connectivity index (χ2v) is 3.15. The summed E-state index contributed by atoms with van der Waals surface area (Å²) >= 11 is 0. The van der Waals surface area contributed by atoms with E-state index in [1.54, 1.807) is 0 Å². The van der Waals surface area contributed by atoms with E-state index in [2.05, 4.69) is 24.8 Å². The topological polar surface area (TPSA) is 47.3 Å². The molecule has 0 aliphatic rings. The highest BCUT2D eigenvalue weighted by Crippen LogP contribution is 2.00. The van der Waals surface area contributed by atoms with Gasteiger partial charge in [0.1, 0.15) is 0 Å². The van der Waals surface area contributed by atoms with Crippen molar-refractivity contribution in [3.63, 3.8) is 0 Å². The molecule has 0 saturated heterocycles. The lowest BCUT2D eigenvalue weighted by Crippen LogP contribution is -2.32. The van der Waals surface area contributed by atoms with Crippen molar-refractivity contribution < 1.29 is 5.11 Å². The molecule has 3 nitrogen and oxygen atoms in total. The smallest absolute Gasteiger partial charge is 0.0868 e. The molecule has 0 aromatic heterocycles. The molecule has 0 saturated carbocycles. The minimum Gasteiger partial charge on any atom is -0.396 e. The van der Waals surface area contributed by atoms with Crippen LogP contribution in [0.5, 0.6) is 0 Å². The molecule has 1 N–H and O–H groups in total. The van der Waals surface area contributed by atoms with Crippen molar-refractivity contribution in [1.82, 2.24) is 4.90 Å². The van der Waals surface area contributed by atoms with Crippen LogP contribution < -0.4 is 0 Å². The standard InChI is InChI=1S/C9H18N2O/c1-9(2)11(7-5-10)6-3-4-8-12/h9,12H,3-4,6-8H2,1-2H3. The Hall–Kier alpha value is -0.590. The van der Waals surface area contributed by atoms with E-state index in [0.29, 0.717) is 12.6 Å². The van der Waals surface area contributed by atoms with Gasteiger partial charge in [0.05, 0.1) is 12.6 Å². The molecule has 0 aliphatic heterocycles. The van der Waals surface area contributed by atoms with E-state index in [1.165, 1.54) is 0 Å². The van der Waals surface area contributed by atoms with Gasteiger partial charge in [0.2, 0.25) is 0 Å². The summed E-state index contributed by atoms with van der Waals surface area (Å²) < 4.78 is 0. The number of aliphatic hydroxyl groups is 1. The van der Waals surface area contributed by atoms with Crippen molar-refractivity contribution >= 4 is 0 Å². The predicted molar refractivity (Wildman–Crippen MR) is 48.6 cm³/mol. The van der Waals surface area contributed by atoms with Crippen LogP contribution in [-0.4, -0.2) is 35.7 Å². The van der Waals surface area contributed by atoms with Crippen molar-refractivity contribution in [2.24, 2.45) is 0 Å². The summed E-state index contributed by atoms with van der Waals surface area (Å²) in [5, 5.41) is 17.1. The first kappa shape index (κ1) is 11.4. The van der Waals surface area contributed by atoms with E-state index < -0.39 is 0 Å². The Bertz CT molecular complexity index is 140. The number of hydrogen-bond acceptors (Lipinski definition) is 3. The molecule has 0 radical (unpaired) electrons. The van der Waals surface area contributed by atoms with E-state index in [-0.39, 0.29) is 6.61 Å². The largest absolute Gasteiger partial charge is 0.396 e. The van der Waals surface area contributed by atoms with Crippen molar-refractivity contribution in [3.05, 3.63) is 0 Å². The number of nitrogens with zero attached hydrogens (tertiary/aromatic N) is 2. The fourth-order valence-corrected chi connectivity index (χ4v) is 1.04. The molecule has 70 valence electrons. The summed E-state index contributed by atoms with van der Waals surface area (Å²) in [7, 11) is 0. The molecule has 0 atom stereocenters. The summed E-state index contributed by atoms with van der Waals surface area (Å²) in [5.74, 6) is 0. The molecule has 0 heterocycles. The summed E-state index contributed by atoms with van der Waals surface area (Å²) in [4.78, 5) is 2.11. The van der Waals surface area contributed by atoms with Crippen molar-refractivity contribution in [2.75, 3.05) is 19.7 Å². The second-order valence-electron chi connectivity index (χ2n) is 3.15. The second kappa shape index (κ2) is 7.08. The summed E-state index contributed by atoms with van der Waals surface area (Å²) in [5.41, 5.74) is 0. The van der Waals surface area contributed by atoms with Gasteiger partial charge in [0.15, 0.2) is 0 Å². The SMILES string of the molecule is CC(C)N(CC#N)CCCCO. The van der Waals surface area contributed by atoms with Crippen LogP contribution in [0.15, 0.2) is 0 Å². The molecule has 0 bridgehead atoms. The predicted octanol–water partition coefficient (Wildman–Crippen LogP) is 0.993. The van der Waals surface area contributed by atoms with Crippen LogP contribution in [0.1, 0.15) is 26.7 Å². The van der Waals surface area contributed by atoms with Crippen LogP contribution in [-0.2, 0) is 0 Å². The Morgan fingerprint density at radius 1 is 1.42 bits per heavy atom. The third-order valence-electron chi connectivity index (χ3n) is 1.86. The minimum atomic E-state index is 0.249. The molecule has 3 heteroatoms. The van der Waals surface area contributed by atoms with Gasteiger partial charge in [-0.25, -0.2) is 0 Å². The molecule has 0 aliphatic carbocycles. The number of nitriles is 1. The Balaban J connectivity index is 3.58. The van der Waals surface area contributed by atoms with Gasteiger partial charge in [0, 0.05) is 12.6 Å². The molecule has 0 amide bonds. The average molecular weight is 170 g/mol. The Labute approximate surface area is 74.6 Å². The highest BCUT2D eigenvalue weighted by Gasteiger charge is 2.06. The Morgan fingerprint density at radius 2 is 2.08 bits per heavy atom. The molecule has 0 aromatic carbocycles. The van der Waals surface area contributed by atoms with Gasteiger partial charge in [-0.15, -0.1) is 0 Å². The van der Waals surface area contributed by atoms with Crippen LogP contribution in [0.3, 0.4) is 0 Å². The van der Waals surface area contributed by atoms with E-state index in [0.717, 1.165) is 19.4 Å². The van der Waals surface area contributed by atoms with E-state index >= 15 is 0 Å². The maximum Gasteiger partial charge on any atom is 0.0868 e. The van der Waals surface area contributed by atoms with E-state index in [4.69, 9.17) is 10.4 Å². The number of hydrogen-bond donors (Lipinski definition) is 1. The minimum absolute atomic E-state index is 0.249. The molecule has 12 heavy (non-hydrogen) atoms. The zero-order chi connectivity index (χ0) is 9.40. The Morgan fingerprint density at radius 3 is 2.50 bits per heavy atom. The first-order valence-electron chi connectivity index (χ1n) is 4.44. The van der Waals surface area contributed by atoms with Crippen LogP contribution in [0.25, 0.3) is 0 Å². The van der Waals surface area contributed by atoms with Gasteiger partial charge in [-0.2, -0.15) is 5.26 Å². The zero-order valence-corrected chi connectivity index (χ0v) is 7.95. The molecular weight excluding hydrogens is 152 g/mol. The third-order valence-corrected chi connectivity index (χ3v) is 1.86. The first-order valence-corrected chi connectivity index (χ1v) is 4.44. The normalized spacial score (nSPS) is 10.7. The Kier molecular flexibility index (Phi) is 6.73. The lowest BCUT2D eigenvalue weighted by molar-refractivity contribution is 0.225. The number of aliphatic hydroxyl groups excluding tert-OH is 1. The summed E-state index contributed by atoms with van der Waals surface area (Å²) in [6.07, 6.45) is 1.80. The highest BCUT2D eigenvalue weighted by molar-refractivity contribution is 4.78. The average Bonchev–Trinajstić information content (AvgIpc) is 2.03. The monoisotopic (exact) mass is 170 g/mol. The fraction of sp³-hybridized carbons (Fsp3) is 0.889. The third kappa shape index (κ3) is 5.11. The van der Waals surface area contributed by atoms with Crippen molar-refractivity contribution in [1.29, 1.82) is 5.26 Å². The van der Waals surface area contributed by atoms with Gasteiger partial charge in [-0.3, -0.25) is 4.90 Å². The maximum atomic E-state index is 8.56. The van der Waals surface area contributed by atoms with Crippen LogP contribution in [0, 0.1) is 11.3 Å². The van der Waals surface area contributed by atoms with E-state index in [9.17, 15) is 0 Å². The number of unbranched alkanes of at least 4 members (excludes halogenated alkanes) is 1. The lowest BCUT2D eigenvalue weighted by atomic mass is 10.2. The van der Waals surface area contributed by atoms with Crippen LogP contribution in [0.4, 0.5) is 0 Å². The molecule has 0 aromatic rings. The van der Waals surface area contributed by atoms with Crippen LogP contribution in [0.2, 0.25) is 0 Å².